The Bertz CT molecular complexity index is 1150. The minimum atomic E-state index is -0.673. The molecule has 0 radical (unpaired) electrons. The molecular weight excluding hydrogens is 426 g/mol. The summed E-state index contributed by atoms with van der Waals surface area (Å²) in [5.74, 6) is 0.0999. The van der Waals surface area contributed by atoms with E-state index in [-0.39, 0.29) is 12.2 Å². The van der Waals surface area contributed by atoms with Gasteiger partial charge < -0.3 is 18.8 Å². The van der Waals surface area contributed by atoms with Crippen LogP contribution < -0.4 is 4.74 Å². The summed E-state index contributed by atoms with van der Waals surface area (Å²) >= 11 is 1.46. The standard InChI is InChI=1S/C24H25N3O4S/c1-16-11-19(17(2)27(16)9-10-29-3)12-20(13-25)24(28)31-14-21-15-32-23(26-21)18-5-7-22(30-4)8-6-18/h5-8,11-12,15H,9-10,14H2,1-4H3/b20-12+. The van der Waals surface area contributed by atoms with Crippen molar-refractivity contribution in [1.82, 2.24) is 9.55 Å². The van der Waals surface area contributed by atoms with Crippen molar-refractivity contribution in [2.75, 3.05) is 20.8 Å². The Balaban J connectivity index is 1.67. The smallest absolute Gasteiger partial charge is 0.349 e. The van der Waals surface area contributed by atoms with E-state index in [1.165, 1.54) is 11.3 Å². The minimum Gasteiger partial charge on any atom is -0.497 e. The third kappa shape index (κ3) is 5.44. The van der Waals surface area contributed by atoms with E-state index in [1.807, 2.05) is 55.6 Å². The predicted octanol–water partition coefficient (Wildman–Crippen LogP) is 4.53. The number of nitriles is 1. The van der Waals surface area contributed by atoms with Crippen LogP contribution >= 0.6 is 11.3 Å². The van der Waals surface area contributed by atoms with Gasteiger partial charge in [-0.25, -0.2) is 9.78 Å². The van der Waals surface area contributed by atoms with Crippen molar-refractivity contribution in [3.05, 3.63) is 63.9 Å². The zero-order valence-electron chi connectivity index (χ0n) is 18.5. The summed E-state index contributed by atoms with van der Waals surface area (Å²) in [5, 5.41) is 12.1. The van der Waals surface area contributed by atoms with Crippen molar-refractivity contribution >= 4 is 23.4 Å². The minimum absolute atomic E-state index is 0.00261. The van der Waals surface area contributed by atoms with Gasteiger partial charge in [-0.3, -0.25) is 0 Å². The highest BCUT2D eigenvalue weighted by atomic mass is 32.1. The van der Waals surface area contributed by atoms with Crippen molar-refractivity contribution in [2.24, 2.45) is 0 Å². The number of nitrogens with zero attached hydrogens (tertiary/aromatic N) is 3. The Labute approximate surface area is 191 Å². The van der Waals surface area contributed by atoms with Crippen molar-refractivity contribution in [3.63, 3.8) is 0 Å². The Morgan fingerprint density at radius 2 is 2.00 bits per heavy atom. The van der Waals surface area contributed by atoms with Crippen LogP contribution in [0.25, 0.3) is 16.6 Å². The zero-order valence-corrected chi connectivity index (χ0v) is 19.4. The lowest BCUT2D eigenvalue weighted by Crippen LogP contribution is -2.08. The summed E-state index contributed by atoms with van der Waals surface area (Å²) in [4.78, 5) is 17.0. The zero-order chi connectivity index (χ0) is 23.1. The molecule has 166 valence electrons. The van der Waals surface area contributed by atoms with Crippen LogP contribution in [0, 0.1) is 25.2 Å². The highest BCUT2D eigenvalue weighted by Gasteiger charge is 2.15. The molecule has 2 heterocycles. The summed E-state index contributed by atoms with van der Waals surface area (Å²) in [6, 6.07) is 11.5. The van der Waals surface area contributed by atoms with Crippen molar-refractivity contribution < 1.29 is 19.0 Å². The molecule has 0 saturated heterocycles. The molecule has 0 aliphatic heterocycles. The fourth-order valence-electron chi connectivity index (χ4n) is 3.25. The first-order valence-corrected chi connectivity index (χ1v) is 10.9. The van der Waals surface area contributed by atoms with E-state index >= 15 is 0 Å². The molecule has 1 aromatic carbocycles. The third-order valence-electron chi connectivity index (χ3n) is 5.01. The molecule has 0 aliphatic rings. The first kappa shape index (κ1) is 23.3. The van der Waals surface area contributed by atoms with Crippen LogP contribution in [0.2, 0.25) is 0 Å². The van der Waals surface area contributed by atoms with E-state index in [1.54, 1.807) is 20.3 Å². The molecule has 0 unspecified atom stereocenters. The van der Waals surface area contributed by atoms with E-state index in [0.29, 0.717) is 18.8 Å². The largest absolute Gasteiger partial charge is 0.497 e. The molecule has 7 nitrogen and oxygen atoms in total. The first-order chi connectivity index (χ1) is 15.5. The lowest BCUT2D eigenvalue weighted by atomic mass is 10.1. The van der Waals surface area contributed by atoms with E-state index in [9.17, 15) is 10.1 Å². The number of benzene rings is 1. The maximum absolute atomic E-state index is 12.5. The maximum Gasteiger partial charge on any atom is 0.349 e. The van der Waals surface area contributed by atoms with Crippen LogP contribution in [0.5, 0.6) is 5.75 Å². The van der Waals surface area contributed by atoms with E-state index in [2.05, 4.69) is 9.55 Å². The van der Waals surface area contributed by atoms with Crippen molar-refractivity contribution in [1.29, 1.82) is 5.26 Å². The highest BCUT2D eigenvalue weighted by Crippen LogP contribution is 2.26. The molecular formula is C24H25N3O4S. The van der Waals surface area contributed by atoms with Gasteiger partial charge in [-0.15, -0.1) is 11.3 Å². The van der Waals surface area contributed by atoms with Crippen LogP contribution in [0.4, 0.5) is 0 Å². The number of aromatic nitrogens is 2. The normalized spacial score (nSPS) is 11.3. The summed E-state index contributed by atoms with van der Waals surface area (Å²) in [6.45, 7) is 5.21. The quantitative estimate of drug-likeness (QED) is 0.270. The third-order valence-corrected chi connectivity index (χ3v) is 5.95. The number of ether oxygens (including phenoxy) is 3. The number of methoxy groups -OCH3 is 2. The van der Waals surface area contributed by atoms with Crippen LogP contribution in [-0.2, 0) is 27.4 Å². The monoisotopic (exact) mass is 451 g/mol. The van der Waals surface area contributed by atoms with Gasteiger partial charge in [0.15, 0.2) is 0 Å². The van der Waals surface area contributed by atoms with Crippen molar-refractivity contribution in [2.45, 2.75) is 27.0 Å². The molecule has 3 aromatic rings. The number of hydrogen-bond donors (Lipinski definition) is 0. The van der Waals surface area contributed by atoms with Gasteiger partial charge in [0.2, 0.25) is 0 Å². The average Bonchev–Trinajstić information content (AvgIpc) is 3.39. The molecule has 0 atom stereocenters. The van der Waals surface area contributed by atoms with Gasteiger partial charge in [-0.1, -0.05) is 0 Å². The molecule has 0 N–H and O–H groups in total. The van der Waals surface area contributed by atoms with E-state index in [0.717, 1.165) is 33.3 Å². The molecule has 0 fully saturated rings. The molecule has 0 saturated carbocycles. The fraction of sp³-hybridized carbons (Fsp3) is 0.292. The van der Waals surface area contributed by atoms with Gasteiger partial charge in [0.05, 0.1) is 19.4 Å². The van der Waals surface area contributed by atoms with Crippen LogP contribution in [0.3, 0.4) is 0 Å². The van der Waals surface area contributed by atoms with Crippen LogP contribution in [0.1, 0.15) is 22.6 Å². The van der Waals surface area contributed by atoms with Crippen molar-refractivity contribution in [3.8, 4) is 22.4 Å². The number of esters is 1. The maximum atomic E-state index is 12.5. The highest BCUT2D eigenvalue weighted by molar-refractivity contribution is 7.13. The summed E-state index contributed by atoms with van der Waals surface area (Å²) in [5.41, 5.74) is 4.33. The molecule has 0 amide bonds. The van der Waals surface area contributed by atoms with E-state index < -0.39 is 5.97 Å². The Kier molecular flexibility index (Phi) is 7.82. The summed E-state index contributed by atoms with van der Waals surface area (Å²) in [7, 11) is 3.27. The number of aryl methyl sites for hydroxylation is 1. The molecule has 0 spiro atoms. The average molecular weight is 452 g/mol. The number of hydrogen-bond acceptors (Lipinski definition) is 7. The molecule has 8 heteroatoms. The van der Waals surface area contributed by atoms with Crippen LogP contribution in [-0.4, -0.2) is 36.3 Å². The van der Waals surface area contributed by atoms with Gasteiger partial charge >= 0.3 is 5.97 Å². The molecule has 3 rings (SSSR count). The molecule has 0 aliphatic carbocycles. The second kappa shape index (κ2) is 10.8. The topological polar surface area (TPSA) is 86.4 Å². The second-order valence-corrected chi connectivity index (χ2v) is 7.95. The molecule has 32 heavy (non-hydrogen) atoms. The van der Waals surface area contributed by atoms with Crippen LogP contribution in [0.15, 0.2) is 41.3 Å². The Morgan fingerprint density at radius 1 is 1.25 bits per heavy atom. The van der Waals surface area contributed by atoms with Gasteiger partial charge in [-0.2, -0.15) is 5.26 Å². The van der Waals surface area contributed by atoms with Gasteiger partial charge in [0.25, 0.3) is 0 Å². The lowest BCUT2D eigenvalue weighted by molar-refractivity contribution is -0.139. The predicted molar refractivity (Wildman–Crippen MR) is 123 cm³/mol. The first-order valence-electron chi connectivity index (χ1n) is 10.00. The molecule has 0 bridgehead atoms. The second-order valence-electron chi connectivity index (χ2n) is 7.09. The van der Waals surface area contributed by atoms with Gasteiger partial charge in [0.1, 0.15) is 29.0 Å². The Hall–Kier alpha value is -3.41. The summed E-state index contributed by atoms with van der Waals surface area (Å²) in [6.07, 6.45) is 1.57. The number of thiazole rings is 1. The van der Waals surface area contributed by atoms with Gasteiger partial charge in [-0.05, 0) is 55.8 Å². The number of rotatable bonds is 9. The molecule has 2 aromatic heterocycles. The fourth-order valence-corrected chi connectivity index (χ4v) is 4.06. The number of carbonyl (C=O) groups excluding carboxylic acids is 1. The number of carbonyl (C=O) groups is 1. The lowest BCUT2D eigenvalue weighted by Gasteiger charge is -2.08. The Morgan fingerprint density at radius 3 is 2.66 bits per heavy atom. The van der Waals surface area contributed by atoms with E-state index in [4.69, 9.17) is 14.2 Å². The SMILES string of the molecule is COCCn1c(C)cc(/C=C(\C#N)C(=O)OCc2csc(-c3ccc(OC)cc3)n2)c1C. The van der Waals surface area contributed by atoms with Gasteiger partial charge in [0, 0.05) is 36.0 Å². The summed E-state index contributed by atoms with van der Waals surface area (Å²) < 4.78 is 17.8.